The number of hydrogen-bond acceptors (Lipinski definition) is 3. The Labute approximate surface area is 129 Å². The van der Waals surface area contributed by atoms with Crippen molar-refractivity contribution in [2.24, 2.45) is 0 Å². The smallest absolute Gasteiger partial charge is 0.245 e. The predicted octanol–water partition coefficient (Wildman–Crippen LogP) is 1.45. The Morgan fingerprint density at radius 2 is 1.86 bits per heavy atom. The van der Waals surface area contributed by atoms with Crippen LogP contribution in [-0.4, -0.2) is 35.6 Å². The lowest BCUT2D eigenvalue weighted by Crippen LogP contribution is -2.55. The van der Waals surface area contributed by atoms with Gasteiger partial charge in [0.25, 0.3) is 0 Å². The molecule has 0 saturated heterocycles. The van der Waals surface area contributed by atoms with Gasteiger partial charge in [0, 0.05) is 11.6 Å². The average molecular weight is 313 g/mol. The topological polar surface area (TPSA) is 78.4 Å². The van der Waals surface area contributed by atoms with Gasteiger partial charge in [-0.15, -0.1) is 0 Å². The number of aliphatic hydroxyl groups excluding tert-OH is 1. The van der Waals surface area contributed by atoms with Crippen molar-refractivity contribution in [3.8, 4) is 0 Å². The largest absolute Gasteiger partial charge is 0.395 e. The Morgan fingerprint density at radius 1 is 1.29 bits per heavy atom. The fraction of sp³-hybridized carbons (Fsp3) is 0.467. The van der Waals surface area contributed by atoms with Crippen LogP contribution in [0.3, 0.4) is 0 Å². The number of halogens is 1. The molecule has 0 aliphatic rings. The van der Waals surface area contributed by atoms with Gasteiger partial charge >= 0.3 is 0 Å². The van der Waals surface area contributed by atoms with E-state index in [1.807, 2.05) is 0 Å². The maximum absolute atomic E-state index is 12.3. The molecule has 0 aromatic heterocycles. The van der Waals surface area contributed by atoms with Crippen molar-refractivity contribution in [2.75, 3.05) is 13.2 Å². The number of carbonyl (C=O) groups excluding carboxylic acids is 2. The normalized spacial score (nSPS) is 12.6. The molecule has 1 rings (SSSR count). The summed E-state index contributed by atoms with van der Waals surface area (Å²) in [4.78, 5) is 24.2. The minimum Gasteiger partial charge on any atom is -0.395 e. The molecule has 2 amide bonds. The molecule has 1 unspecified atom stereocenters. The van der Waals surface area contributed by atoms with Gasteiger partial charge in [-0.25, -0.2) is 0 Å². The van der Waals surface area contributed by atoms with Crippen LogP contribution in [0.15, 0.2) is 24.3 Å². The molecule has 3 N–H and O–H groups in total. The van der Waals surface area contributed by atoms with Crippen molar-refractivity contribution in [3.05, 3.63) is 34.9 Å². The second kappa shape index (κ2) is 7.43. The van der Waals surface area contributed by atoms with Crippen LogP contribution in [0.2, 0.25) is 5.02 Å². The Balaban J connectivity index is 2.84. The van der Waals surface area contributed by atoms with Crippen LogP contribution in [0.25, 0.3) is 0 Å². The van der Waals surface area contributed by atoms with E-state index in [9.17, 15) is 14.7 Å². The van der Waals surface area contributed by atoms with E-state index >= 15 is 0 Å². The molecule has 0 fully saturated rings. The van der Waals surface area contributed by atoms with Crippen molar-refractivity contribution in [2.45, 2.75) is 32.2 Å². The van der Waals surface area contributed by atoms with Crippen molar-refractivity contribution >= 4 is 23.4 Å². The third-order valence-corrected chi connectivity index (χ3v) is 3.36. The number of nitrogens with one attached hydrogen (secondary N) is 2. The molecule has 116 valence electrons. The van der Waals surface area contributed by atoms with Crippen LogP contribution in [0.1, 0.15) is 32.3 Å². The van der Waals surface area contributed by atoms with E-state index < -0.39 is 17.4 Å². The van der Waals surface area contributed by atoms with Gasteiger partial charge in [0.2, 0.25) is 11.8 Å². The molecular formula is C15H21ClN2O3. The van der Waals surface area contributed by atoms with Crippen LogP contribution in [0, 0.1) is 0 Å². The van der Waals surface area contributed by atoms with Gasteiger partial charge in [-0.1, -0.05) is 23.7 Å². The third-order valence-electron chi connectivity index (χ3n) is 3.11. The molecule has 1 atom stereocenters. The summed E-state index contributed by atoms with van der Waals surface area (Å²) >= 11 is 5.81. The standard InChI is InChI=1S/C15H21ClN2O3/c1-4-17-14(21)15(2,3)18-13(20)12(9-19)10-5-7-11(16)8-6-10/h5-8,12,19H,4,9H2,1-3H3,(H,17,21)(H,18,20). The summed E-state index contributed by atoms with van der Waals surface area (Å²) in [5.41, 5.74) is -0.404. The van der Waals surface area contributed by atoms with E-state index in [-0.39, 0.29) is 12.5 Å². The average Bonchev–Trinajstić information content (AvgIpc) is 2.41. The lowest BCUT2D eigenvalue weighted by Gasteiger charge is -2.27. The highest BCUT2D eigenvalue weighted by Gasteiger charge is 2.32. The van der Waals surface area contributed by atoms with Crippen LogP contribution < -0.4 is 10.6 Å². The van der Waals surface area contributed by atoms with Crippen molar-refractivity contribution < 1.29 is 14.7 Å². The van der Waals surface area contributed by atoms with Crippen LogP contribution >= 0.6 is 11.6 Å². The fourth-order valence-corrected chi connectivity index (χ4v) is 1.99. The number of hydrogen-bond donors (Lipinski definition) is 3. The number of benzene rings is 1. The first-order valence-electron chi connectivity index (χ1n) is 6.78. The number of aliphatic hydroxyl groups is 1. The third kappa shape index (κ3) is 4.72. The highest BCUT2D eigenvalue weighted by Crippen LogP contribution is 2.19. The Hall–Kier alpha value is -1.59. The SMILES string of the molecule is CCNC(=O)C(C)(C)NC(=O)C(CO)c1ccc(Cl)cc1. The summed E-state index contributed by atoms with van der Waals surface area (Å²) in [6.07, 6.45) is 0. The number of rotatable bonds is 6. The molecule has 0 aliphatic carbocycles. The van der Waals surface area contributed by atoms with Gasteiger partial charge in [-0.05, 0) is 38.5 Å². The second-order valence-electron chi connectivity index (χ2n) is 5.26. The van der Waals surface area contributed by atoms with Crippen LogP contribution in [0.4, 0.5) is 0 Å². The summed E-state index contributed by atoms with van der Waals surface area (Å²) in [5.74, 6) is -1.42. The summed E-state index contributed by atoms with van der Waals surface area (Å²) in [5, 5.41) is 15.3. The quantitative estimate of drug-likeness (QED) is 0.744. The van der Waals surface area contributed by atoms with Gasteiger partial charge in [-0.3, -0.25) is 9.59 Å². The van der Waals surface area contributed by atoms with Crippen molar-refractivity contribution in [1.29, 1.82) is 0 Å². The number of likely N-dealkylation sites (N-methyl/N-ethyl adjacent to an activating group) is 1. The first kappa shape index (κ1) is 17.5. The summed E-state index contributed by atoms with van der Waals surface area (Å²) in [6.45, 7) is 5.18. The van der Waals surface area contributed by atoms with E-state index in [0.29, 0.717) is 17.1 Å². The minimum absolute atomic E-state index is 0.272. The molecule has 5 nitrogen and oxygen atoms in total. The Bertz CT molecular complexity index is 500. The van der Waals surface area contributed by atoms with E-state index in [2.05, 4.69) is 10.6 Å². The molecule has 0 radical (unpaired) electrons. The molecule has 0 bridgehead atoms. The van der Waals surface area contributed by atoms with E-state index in [1.54, 1.807) is 45.0 Å². The molecular weight excluding hydrogens is 292 g/mol. The maximum Gasteiger partial charge on any atom is 0.245 e. The second-order valence-corrected chi connectivity index (χ2v) is 5.70. The molecule has 1 aromatic carbocycles. The van der Waals surface area contributed by atoms with E-state index in [0.717, 1.165) is 0 Å². The highest BCUT2D eigenvalue weighted by atomic mass is 35.5. The fourth-order valence-electron chi connectivity index (χ4n) is 1.87. The Kier molecular flexibility index (Phi) is 6.18. The molecule has 6 heteroatoms. The zero-order valence-corrected chi connectivity index (χ0v) is 13.2. The molecule has 21 heavy (non-hydrogen) atoms. The maximum atomic E-state index is 12.3. The monoisotopic (exact) mass is 312 g/mol. The molecule has 0 heterocycles. The number of amides is 2. The molecule has 1 aromatic rings. The van der Waals surface area contributed by atoms with Crippen LogP contribution in [-0.2, 0) is 9.59 Å². The molecule has 0 saturated carbocycles. The lowest BCUT2D eigenvalue weighted by atomic mass is 9.96. The minimum atomic E-state index is -1.05. The van der Waals surface area contributed by atoms with E-state index in [4.69, 9.17) is 11.6 Å². The molecule has 0 spiro atoms. The van der Waals surface area contributed by atoms with Gasteiger partial charge in [0.05, 0.1) is 12.5 Å². The Morgan fingerprint density at radius 3 is 2.33 bits per heavy atom. The number of carbonyl (C=O) groups is 2. The van der Waals surface area contributed by atoms with Crippen molar-refractivity contribution in [1.82, 2.24) is 10.6 Å². The zero-order valence-electron chi connectivity index (χ0n) is 12.4. The molecule has 0 aliphatic heterocycles. The van der Waals surface area contributed by atoms with Gasteiger partial charge < -0.3 is 15.7 Å². The van der Waals surface area contributed by atoms with E-state index in [1.165, 1.54) is 0 Å². The van der Waals surface area contributed by atoms with Gasteiger partial charge in [0.1, 0.15) is 5.54 Å². The van der Waals surface area contributed by atoms with Gasteiger partial charge in [0.15, 0.2) is 0 Å². The predicted molar refractivity (Wildman–Crippen MR) is 82.2 cm³/mol. The summed E-state index contributed by atoms with van der Waals surface area (Å²) in [7, 11) is 0. The first-order valence-corrected chi connectivity index (χ1v) is 7.16. The van der Waals surface area contributed by atoms with Crippen LogP contribution in [0.5, 0.6) is 0 Å². The summed E-state index contributed by atoms with van der Waals surface area (Å²) in [6, 6.07) is 6.67. The summed E-state index contributed by atoms with van der Waals surface area (Å²) < 4.78 is 0. The lowest BCUT2D eigenvalue weighted by molar-refractivity contribution is -0.133. The zero-order chi connectivity index (χ0) is 16.0. The van der Waals surface area contributed by atoms with Gasteiger partial charge in [-0.2, -0.15) is 0 Å². The first-order chi connectivity index (χ1) is 9.81. The highest BCUT2D eigenvalue weighted by molar-refractivity contribution is 6.30. The van der Waals surface area contributed by atoms with Crippen molar-refractivity contribution in [3.63, 3.8) is 0 Å².